The lowest BCUT2D eigenvalue weighted by Gasteiger charge is -2.34. The van der Waals surface area contributed by atoms with Gasteiger partial charge in [0.2, 0.25) is 0 Å². The maximum atomic E-state index is 5.76. The van der Waals surface area contributed by atoms with Crippen molar-refractivity contribution in [1.29, 1.82) is 0 Å². The molecule has 0 amide bonds. The summed E-state index contributed by atoms with van der Waals surface area (Å²) in [4.78, 5) is 11.7. The number of nitrogens with zero attached hydrogens (tertiary/aromatic N) is 6. The third-order valence-electron chi connectivity index (χ3n) is 6.14. The molecule has 0 saturated carbocycles. The fourth-order valence-corrected chi connectivity index (χ4v) is 4.00. The van der Waals surface area contributed by atoms with Crippen LogP contribution < -0.4 is 15.5 Å². The van der Waals surface area contributed by atoms with E-state index in [1.807, 2.05) is 24.7 Å². The van der Waals surface area contributed by atoms with Crippen LogP contribution in [0.15, 0.2) is 23.3 Å². The zero-order chi connectivity index (χ0) is 21.6. The summed E-state index contributed by atoms with van der Waals surface area (Å²) in [6, 6.07) is 4.61. The van der Waals surface area contributed by atoms with Crippen molar-refractivity contribution in [3.8, 4) is 0 Å². The van der Waals surface area contributed by atoms with Gasteiger partial charge in [0.05, 0.1) is 6.10 Å². The van der Waals surface area contributed by atoms with E-state index >= 15 is 0 Å². The van der Waals surface area contributed by atoms with E-state index in [-0.39, 0.29) is 6.10 Å². The first-order valence-corrected chi connectivity index (χ1v) is 11.3. The van der Waals surface area contributed by atoms with Crippen LogP contribution in [0.3, 0.4) is 0 Å². The Kier molecular flexibility index (Phi) is 7.01. The highest BCUT2D eigenvalue weighted by Crippen LogP contribution is 2.18. The van der Waals surface area contributed by atoms with Crippen LogP contribution in [0.1, 0.15) is 42.9 Å². The van der Waals surface area contributed by atoms with Gasteiger partial charge in [0.25, 0.3) is 0 Å². The van der Waals surface area contributed by atoms with Crippen LogP contribution in [0, 0.1) is 13.8 Å². The lowest BCUT2D eigenvalue weighted by atomic mass is 10.1. The summed E-state index contributed by atoms with van der Waals surface area (Å²) in [7, 11) is 1.97. The van der Waals surface area contributed by atoms with Gasteiger partial charge in [0, 0.05) is 45.5 Å². The second kappa shape index (κ2) is 10.1. The number of aromatic nitrogens is 4. The number of anilines is 1. The minimum atomic E-state index is 0.263. The summed E-state index contributed by atoms with van der Waals surface area (Å²) in [6.07, 6.45) is 6.52. The highest BCUT2D eigenvalue weighted by atomic mass is 16.5. The van der Waals surface area contributed by atoms with Crippen LogP contribution in [0.25, 0.3) is 0 Å². The molecule has 168 valence electrons. The molecule has 2 aliphatic rings. The summed E-state index contributed by atoms with van der Waals surface area (Å²) in [6.45, 7) is 8.10. The summed E-state index contributed by atoms with van der Waals surface area (Å²) >= 11 is 0. The predicted molar refractivity (Wildman–Crippen MR) is 121 cm³/mol. The van der Waals surface area contributed by atoms with E-state index < -0.39 is 0 Å². The van der Waals surface area contributed by atoms with Gasteiger partial charge in [0.1, 0.15) is 18.2 Å². The van der Waals surface area contributed by atoms with E-state index in [2.05, 4.69) is 49.8 Å². The minimum Gasteiger partial charge on any atom is -0.376 e. The highest BCUT2D eigenvalue weighted by Gasteiger charge is 2.22. The number of rotatable bonds is 6. The molecule has 0 radical (unpaired) electrons. The van der Waals surface area contributed by atoms with Gasteiger partial charge < -0.3 is 24.8 Å². The average Bonchev–Trinajstić information content (AvgIpc) is 3.42. The number of piperidine rings is 1. The van der Waals surface area contributed by atoms with Gasteiger partial charge in [0.15, 0.2) is 11.8 Å². The molecule has 2 saturated heterocycles. The van der Waals surface area contributed by atoms with Gasteiger partial charge >= 0.3 is 0 Å². The monoisotopic (exact) mass is 426 g/mol. The molecule has 1 unspecified atom stereocenters. The van der Waals surface area contributed by atoms with Gasteiger partial charge in [-0.05, 0) is 51.2 Å². The van der Waals surface area contributed by atoms with Crippen LogP contribution in [-0.4, -0.2) is 64.1 Å². The molecule has 2 aromatic heterocycles. The van der Waals surface area contributed by atoms with Gasteiger partial charge in [-0.2, -0.15) is 0 Å². The molecule has 0 spiro atoms. The topological polar surface area (TPSA) is 92.5 Å². The Bertz CT molecular complexity index is 864. The number of nitrogens with one attached hydrogen (secondary N) is 2. The number of ether oxygens (including phenoxy) is 1. The standard InChI is InChI=1S/C22H34N8O/c1-16-6-7-20(23-13-16)30-10-8-18(9-11-30)26-22(24-14-19-5-4-12-31-19)25-15-21-28-27-17(2)29(21)3/h6-7,13,18-19H,4-5,8-12,14-15H2,1-3H3,(H2,24,25,26). The summed E-state index contributed by atoms with van der Waals surface area (Å²) in [5.74, 6) is 3.63. The Labute approximate surface area is 184 Å². The largest absolute Gasteiger partial charge is 0.376 e. The number of hydrogen-bond donors (Lipinski definition) is 2. The molecule has 2 aromatic rings. The molecule has 2 N–H and O–H groups in total. The summed E-state index contributed by atoms with van der Waals surface area (Å²) < 4.78 is 7.75. The average molecular weight is 427 g/mol. The lowest BCUT2D eigenvalue weighted by Crippen LogP contribution is -2.50. The van der Waals surface area contributed by atoms with Gasteiger partial charge in [-0.15, -0.1) is 10.2 Å². The first-order chi connectivity index (χ1) is 15.1. The molecule has 1 atom stereocenters. The van der Waals surface area contributed by atoms with Crippen LogP contribution in [0.2, 0.25) is 0 Å². The Hall–Kier alpha value is -2.68. The highest BCUT2D eigenvalue weighted by molar-refractivity contribution is 5.80. The quantitative estimate of drug-likeness (QED) is 0.537. The Morgan fingerprint density at radius 1 is 1.19 bits per heavy atom. The molecule has 2 aliphatic heterocycles. The van der Waals surface area contributed by atoms with E-state index in [0.717, 1.165) is 75.4 Å². The van der Waals surface area contributed by atoms with Crippen molar-refractivity contribution in [2.75, 3.05) is 31.1 Å². The fraction of sp³-hybridized carbons (Fsp3) is 0.636. The molecule has 0 aliphatic carbocycles. The third-order valence-corrected chi connectivity index (χ3v) is 6.14. The van der Waals surface area contributed by atoms with E-state index in [1.54, 1.807) is 0 Å². The molecule has 4 rings (SSSR count). The number of guanidine groups is 1. The fourth-order valence-electron chi connectivity index (χ4n) is 4.00. The summed E-state index contributed by atoms with van der Waals surface area (Å²) in [5, 5.41) is 15.5. The Morgan fingerprint density at radius 3 is 2.68 bits per heavy atom. The molecule has 9 heteroatoms. The van der Waals surface area contributed by atoms with Crippen LogP contribution >= 0.6 is 0 Å². The molecule has 0 aromatic carbocycles. The van der Waals surface area contributed by atoms with Crippen LogP contribution in [-0.2, 0) is 18.3 Å². The van der Waals surface area contributed by atoms with Gasteiger partial charge in [-0.25, -0.2) is 9.98 Å². The van der Waals surface area contributed by atoms with Crippen molar-refractivity contribution in [3.63, 3.8) is 0 Å². The SMILES string of the molecule is Cc1ccc(N2CCC(NC(=NCc3nnc(C)n3C)NCC3CCCO3)CC2)nc1. The maximum absolute atomic E-state index is 5.76. The normalized spacial score (nSPS) is 20.3. The van der Waals surface area contributed by atoms with Crippen molar-refractivity contribution >= 4 is 11.8 Å². The molecular formula is C22H34N8O. The molecule has 0 bridgehead atoms. The Morgan fingerprint density at radius 2 is 2.03 bits per heavy atom. The number of pyridine rings is 1. The molecule has 2 fully saturated rings. The van der Waals surface area contributed by atoms with Crippen molar-refractivity contribution in [1.82, 2.24) is 30.4 Å². The van der Waals surface area contributed by atoms with Crippen molar-refractivity contribution in [3.05, 3.63) is 35.5 Å². The molecular weight excluding hydrogens is 392 g/mol. The molecule has 31 heavy (non-hydrogen) atoms. The Balaban J connectivity index is 1.35. The van der Waals surface area contributed by atoms with Crippen LogP contribution in [0.4, 0.5) is 5.82 Å². The lowest BCUT2D eigenvalue weighted by molar-refractivity contribution is 0.113. The molecule has 9 nitrogen and oxygen atoms in total. The second-order valence-electron chi connectivity index (χ2n) is 8.50. The van der Waals surface area contributed by atoms with E-state index in [9.17, 15) is 0 Å². The van der Waals surface area contributed by atoms with E-state index in [1.165, 1.54) is 5.56 Å². The van der Waals surface area contributed by atoms with Crippen molar-refractivity contribution in [2.45, 2.75) is 58.2 Å². The summed E-state index contributed by atoms with van der Waals surface area (Å²) in [5.41, 5.74) is 1.19. The van der Waals surface area contributed by atoms with Gasteiger partial charge in [-0.3, -0.25) is 0 Å². The second-order valence-corrected chi connectivity index (χ2v) is 8.50. The number of aliphatic imine (C=N–C) groups is 1. The first-order valence-electron chi connectivity index (χ1n) is 11.3. The number of aryl methyl sites for hydroxylation is 2. The van der Waals surface area contributed by atoms with Crippen molar-refractivity contribution < 1.29 is 4.74 Å². The van der Waals surface area contributed by atoms with Crippen molar-refractivity contribution in [2.24, 2.45) is 12.0 Å². The van der Waals surface area contributed by atoms with Gasteiger partial charge in [-0.1, -0.05) is 6.07 Å². The number of hydrogen-bond acceptors (Lipinski definition) is 6. The minimum absolute atomic E-state index is 0.263. The van der Waals surface area contributed by atoms with Crippen LogP contribution in [0.5, 0.6) is 0 Å². The zero-order valence-electron chi connectivity index (χ0n) is 18.8. The molecule has 4 heterocycles. The maximum Gasteiger partial charge on any atom is 0.192 e. The predicted octanol–water partition coefficient (Wildman–Crippen LogP) is 1.71. The van der Waals surface area contributed by atoms with E-state index in [4.69, 9.17) is 9.73 Å². The smallest absolute Gasteiger partial charge is 0.192 e. The van der Waals surface area contributed by atoms with E-state index in [0.29, 0.717) is 12.6 Å². The third kappa shape index (κ3) is 5.72. The first kappa shape index (κ1) is 21.5. The zero-order valence-corrected chi connectivity index (χ0v) is 18.8.